The molecule has 0 saturated heterocycles. The second-order valence-electron chi connectivity index (χ2n) is 5.30. The SMILES string of the molecule is CN=C(NCCCc1nc(C)cs1)NCC(C)(C)OC.I. The summed E-state index contributed by atoms with van der Waals surface area (Å²) >= 11 is 1.73. The van der Waals surface area contributed by atoms with Crippen LogP contribution in [0.1, 0.15) is 31.0 Å². The molecule has 0 unspecified atom stereocenters. The minimum Gasteiger partial charge on any atom is -0.377 e. The van der Waals surface area contributed by atoms with Crippen LogP contribution in [-0.2, 0) is 11.2 Å². The number of methoxy groups -OCH3 is 1. The van der Waals surface area contributed by atoms with Crippen molar-refractivity contribution in [1.29, 1.82) is 0 Å². The third-order valence-electron chi connectivity index (χ3n) is 2.98. The van der Waals surface area contributed by atoms with E-state index >= 15 is 0 Å². The van der Waals surface area contributed by atoms with Gasteiger partial charge in [0.2, 0.25) is 0 Å². The number of nitrogens with one attached hydrogen (secondary N) is 2. The molecule has 0 aliphatic heterocycles. The van der Waals surface area contributed by atoms with Gasteiger partial charge in [-0.2, -0.15) is 0 Å². The number of hydrogen-bond donors (Lipinski definition) is 2. The molecule has 0 bridgehead atoms. The lowest BCUT2D eigenvalue weighted by Gasteiger charge is -2.24. The van der Waals surface area contributed by atoms with Crippen LogP contribution in [-0.4, -0.2) is 43.8 Å². The number of rotatable bonds is 7. The second kappa shape index (κ2) is 10.3. The first-order chi connectivity index (χ1) is 9.46. The number of aryl methyl sites for hydroxylation is 2. The number of halogens is 1. The summed E-state index contributed by atoms with van der Waals surface area (Å²) in [6, 6.07) is 0. The van der Waals surface area contributed by atoms with Crippen molar-refractivity contribution >= 4 is 41.3 Å². The molecule has 0 aromatic carbocycles. The van der Waals surface area contributed by atoms with Gasteiger partial charge in [-0.15, -0.1) is 35.3 Å². The average Bonchev–Trinajstić information content (AvgIpc) is 2.83. The Kier molecular flexibility index (Phi) is 10.1. The summed E-state index contributed by atoms with van der Waals surface area (Å²) in [5, 5.41) is 9.86. The van der Waals surface area contributed by atoms with Gasteiger partial charge >= 0.3 is 0 Å². The molecule has 0 amide bonds. The Balaban J connectivity index is 0.00000400. The number of hydrogen-bond acceptors (Lipinski definition) is 4. The molecular formula is C14H27IN4OS. The van der Waals surface area contributed by atoms with E-state index in [9.17, 15) is 0 Å². The van der Waals surface area contributed by atoms with E-state index in [2.05, 4.69) is 26.0 Å². The van der Waals surface area contributed by atoms with E-state index in [1.54, 1.807) is 25.5 Å². The largest absolute Gasteiger partial charge is 0.377 e. The molecule has 1 aromatic rings. The molecule has 0 radical (unpaired) electrons. The highest BCUT2D eigenvalue weighted by Gasteiger charge is 2.16. The van der Waals surface area contributed by atoms with Crippen LogP contribution in [0.5, 0.6) is 0 Å². The number of aliphatic imine (C=N–C) groups is 1. The predicted octanol–water partition coefficient (Wildman–Crippen LogP) is 2.59. The molecule has 7 heteroatoms. The molecule has 0 aliphatic carbocycles. The summed E-state index contributed by atoms with van der Waals surface area (Å²) in [6.07, 6.45) is 2.05. The monoisotopic (exact) mass is 426 g/mol. The zero-order chi connectivity index (χ0) is 15.0. The van der Waals surface area contributed by atoms with Crippen molar-refractivity contribution in [1.82, 2.24) is 15.6 Å². The molecule has 1 heterocycles. The van der Waals surface area contributed by atoms with Gasteiger partial charge in [0.15, 0.2) is 5.96 Å². The summed E-state index contributed by atoms with van der Waals surface area (Å²) in [7, 11) is 3.49. The Morgan fingerprint density at radius 1 is 1.43 bits per heavy atom. The van der Waals surface area contributed by atoms with Crippen molar-refractivity contribution in [3.63, 3.8) is 0 Å². The quantitative estimate of drug-likeness (QED) is 0.305. The Labute approximate surface area is 149 Å². The van der Waals surface area contributed by atoms with Crippen LogP contribution < -0.4 is 10.6 Å². The van der Waals surface area contributed by atoms with E-state index in [0.29, 0.717) is 0 Å². The minimum atomic E-state index is -0.198. The summed E-state index contributed by atoms with van der Waals surface area (Å²) in [5.41, 5.74) is 0.910. The van der Waals surface area contributed by atoms with Crippen molar-refractivity contribution in [3.05, 3.63) is 16.1 Å². The summed E-state index contributed by atoms with van der Waals surface area (Å²) in [4.78, 5) is 8.66. The van der Waals surface area contributed by atoms with Gasteiger partial charge in [-0.05, 0) is 27.2 Å². The number of ether oxygens (including phenoxy) is 1. The lowest BCUT2D eigenvalue weighted by atomic mass is 10.1. The van der Waals surface area contributed by atoms with Crippen LogP contribution in [0.4, 0.5) is 0 Å². The van der Waals surface area contributed by atoms with E-state index in [-0.39, 0.29) is 29.6 Å². The smallest absolute Gasteiger partial charge is 0.191 e. The van der Waals surface area contributed by atoms with E-state index in [4.69, 9.17) is 4.74 Å². The van der Waals surface area contributed by atoms with E-state index in [1.807, 2.05) is 20.8 Å². The van der Waals surface area contributed by atoms with Crippen molar-refractivity contribution < 1.29 is 4.74 Å². The number of nitrogens with zero attached hydrogens (tertiary/aromatic N) is 2. The molecule has 0 saturated carbocycles. The maximum atomic E-state index is 5.37. The lowest BCUT2D eigenvalue weighted by Crippen LogP contribution is -2.45. The highest BCUT2D eigenvalue weighted by atomic mass is 127. The average molecular weight is 426 g/mol. The van der Waals surface area contributed by atoms with Crippen molar-refractivity contribution in [2.75, 3.05) is 27.2 Å². The normalized spacial score (nSPS) is 12.0. The molecule has 21 heavy (non-hydrogen) atoms. The minimum absolute atomic E-state index is 0. The maximum Gasteiger partial charge on any atom is 0.191 e. The van der Waals surface area contributed by atoms with Crippen LogP contribution in [0, 0.1) is 6.92 Å². The van der Waals surface area contributed by atoms with Crippen molar-refractivity contribution in [3.8, 4) is 0 Å². The van der Waals surface area contributed by atoms with Gasteiger partial charge in [0.25, 0.3) is 0 Å². The van der Waals surface area contributed by atoms with Crippen LogP contribution in [0.3, 0.4) is 0 Å². The molecule has 1 rings (SSSR count). The van der Waals surface area contributed by atoms with E-state index < -0.39 is 0 Å². The lowest BCUT2D eigenvalue weighted by molar-refractivity contribution is 0.0268. The molecule has 0 fully saturated rings. The Hall–Kier alpha value is -0.410. The third kappa shape index (κ3) is 8.57. The highest BCUT2D eigenvalue weighted by molar-refractivity contribution is 14.0. The summed E-state index contributed by atoms with van der Waals surface area (Å²) in [5.74, 6) is 0.811. The van der Waals surface area contributed by atoms with Gasteiger partial charge in [0.05, 0.1) is 10.6 Å². The topological polar surface area (TPSA) is 58.5 Å². The number of guanidine groups is 1. The molecule has 1 aromatic heterocycles. The molecular weight excluding hydrogens is 399 g/mol. The first-order valence-corrected chi connectivity index (χ1v) is 7.75. The Morgan fingerprint density at radius 2 is 2.14 bits per heavy atom. The van der Waals surface area contributed by atoms with Gasteiger partial charge < -0.3 is 15.4 Å². The zero-order valence-electron chi connectivity index (χ0n) is 13.5. The van der Waals surface area contributed by atoms with Gasteiger partial charge in [-0.3, -0.25) is 4.99 Å². The first kappa shape index (κ1) is 20.6. The standard InChI is InChI=1S/C14H26N4OS.HI/c1-11-9-20-12(18-11)7-6-8-16-13(15-4)17-10-14(2,3)19-5;/h9H,6-8,10H2,1-5H3,(H2,15,16,17);1H. The zero-order valence-corrected chi connectivity index (χ0v) is 16.7. The summed E-state index contributed by atoms with van der Waals surface area (Å²) < 4.78 is 5.37. The van der Waals surface area contributed by atoms with E-state index in [1.165, 1.54) is 5.01 Å². The van der Waals surface area contributed by atoms with Gasteiger partial charge in [0.1, 0.15) is 0 Å². The third-order valence-corrected chi connectivity index (χ3v) is 4.01. The number of thiazole rings is 1. The molecule has 0 atom stereocenters. The fraction of sp³-hybridized carbons (Fsp3) is 0.714. The molecule has 0 spiro atoms. The molecule has 0 aliphatic rings. The van der Waals surface area contributed by atoms with Crippen LogP contribution in [0.25, 0.3) is 0 Å². The van der Waals surface area contributed by atoms with Gasteiger partial charge in [-0.1, -0.05) is 0 Å². The van der Waals surface area contributed by atoms with Crippen LogP contribution in [0.15, 0.2) is 10.4 Å². The van der Waals surface area contributed by atoms with Gasteiger partial charge in [0, 0.05) is 44.7 Å². The van der Waals surface area contributed by atoms with Crippen LogP contribution >= 0.6 is 35.3 Å². The fourth-order valence-electron chi connectivity index (χ4n) is 1.55. The molecule has 5 nitrogen and oxygen atoms in total. The van der Waals surface area contributed by atoms with E-state index in [0.717, 1.165) is 37.6 Å². The maximum absolute atomic E-state index is 5.37. The highest BCUT2D eigenvalue weighted by Crippen LogP contribution is 2.10. The molecule has 2 N–H and O–H groups in total. The predicted molar refractivity (Wildman–Crippen MR) is 101 cm³/mol. The fourth-order valence-corrected chi connectivity index (χ4v) is 2.37. The molecule has 122 valence electrons. The Morgan fingerprint density at radius 3 is 2.67 bits per heavy atom. The van der Waals surface area contributed by atoms with Gasteiger partial charge in [-0.25, -0.2) is 4.98 Å². The van der Waals surface area contributed by atoms with Crippen molar-refractivity contribution in [2.45, 2.75) is 39.2 Å². The number of aromatic nitrogens is 1. The van der Waals surface area contributed by atoms with Crippen LogP contribution in [0.2, 0.25) is 0 Å². The Bertz CT molecular complexity index is 434. The second-order valence-corrected chi connectivity index (χ2v) is 6.25. The summed E-state index contributed by atoms with van der Waals surface area (Å²) in [6.45, 7) is 7.71. The first-order valence-electron chi connectivity index (χ1n) is 6.87. The van der Waals surface area contributed by atoms with Crippen molar-refractivity contribution in [2.24, 2.45) is 4.99 Å².